The fourth-order valence-corrected chi connectivity index (χ4v) is 3.80. The van der Waals surface area contributed by atoms with Gasteiger partial charge < -0.3 is 14.4 Å². The van der Waals surface area contributed by atoms with Crippen LogP contribution in [0.25, 0.3) is 0 Å². The second-order valence-corrected chi connectivity index (χ2v) is 7.99. The molecule has 2 aliphatic rings. The highest BCUT2D eigenvalue weighted by Gasteiger charge is 2.45. The van der Waals surface area contributed by atoms with Crippen LogP contribution < -0.4 is 4.74 Å². The van der Waals surface area contributed by atoms with Gasteiger partial charge in [-0.3, -0.25) is 0 Å². The third kappa shape index (κ3) is 4.31. The van der Waals surface area contributed by atoms with Crippen molar-refractivity contribution in [2.75, 3.05) is 0 Å². The number of rotatable bonds is 3. The molecule has 0 radical (unpaired) electrons. The van der Waals surface area contributed by atoms with Crippen LogP contribution >= 0.6 is 0 Å². The Morgan fingerprint density at radius 1 is 1.15 bits per heavy atom. The Morgan fingerprint density at radius 3 is 2.33 bits per heavy atom. The van der Waals surface area contributed by atoms with E-state index < -0.39 is 23.0 Å². The van der Waals surface area contributed by atoms with E-state index in [9.17, 15) is 18.5 Å². The highest BCUT2D eigenvalue weighted by Crippen LogP contribution is 2.38. The number of hydrogen-bond acceptors (Lipinski definition) is 5. The third-order valence-corrected chi connectivity index (χ3v) is 4.82. The second-order valence-electron chi connectivity index (χ2n) is 7.99. The highest BCUT2D eigenvalue weighted by molar-refractivity contribution is 5.89. The molecule has 2 atom stereocenters. The molecule has 0 aliphatic carbocycles. The fraction of sp³-hybridized carbons (Fsp3) is 0.579. The van der Waals surface area contributed by atoms with Crippen molar-refractivity contribution in [1.29, 1.82) is 0 Å². The maximum atomic E-state index is 13.6. The van der Waals surface area contributed by atoms with Gasteiger partial charge in [0.05, 0.1) is 0 Å². The Hall–Kier alpha value is -2.38. The van der Waals surface area contributed by atoms with Crippen LogP contribution in [0.15, 0.2) is 18.2 Å². The Labute approximate surface area is 156 Å². The first-order valence-electron chi connectivity index (χ1n) is 8.98. The van der Waals surface area contributed by atoms with Crippen LogP contribution in [0.2, 0.25) is 0 Å². The number of benzene rings is 1. The third-order valence-electron chi connectivity index (χ3n) is 4.82. The van der Waals surface area contributed by atoms with Crippen LogP contribution in [-0.2, 0) is 9.68 Å². The van der Waals surface area contributed by atoms with Gasteiger partial charge in [0, 0.05) is 29.5 Å². The zero-order valence-corrected chi connectivity index (χ0v) is 15.5. The summed E-state index contributed by atoms with van der Waals surface area (Å²) in [5.74, 6) is -2.03. The van der Waals surface area contributed by atoms with Crippen molar-refractivity contribution in [3.05, 3.63) is 29.6 Å². The average molecular weight is 383 g/mol. The first-order chi connectivity index (χ1) is 12.7. The standard InChI is InChI=1S/C19H23F2NO5/c1-19(2,3)26-18(24)22-11-4-5-12(22)9-14(8-11)25-13-6-7-16(20)15(10-13)17(23)27-21/h6-7,10-12,14H,4-5,8-9H2,1-3H3. The van der Waals surface area contributed by atoms with Gasteiger partial charge >= 0.3 is 12.1 Å². The van der Waals surface area contributed by atoms with E-state index in [-0.39, 0.29) is 30.0 Å². The molecule has 2 heterocycles. The number of amides is 1. The van der Waals surface area contributed by atoms with Crippen molar-refractivity contribution in [2.45, 2.75) is 70.2 Å². The molecular weight excluding hydrogens is 360 g/mol. The van der Waals surface area contributed by atoms with Crippen LogP contribution in [0.3, 0.4) is 0 Å². The van der Waals surface area contributed by atoms with Crippen LogP contribution in [0.4, 0.5) is 13.7 Å². The quantitative estimate of drug-likeness (QED) is 0.784. The lowest BCUT2D eigenvalue weighted by Gasteiger charge is -2.39. The number of halogens is 2. The summed E-state index contributed by atoms with van der Waals surface area (Å²) in [7, 11) is 0. The van der Waals surface area contributed by atoms with E-state index in [2.05, 4.69) is 4.94 Å². The second kappa shape index (κ2) is 7.32. The van der Waals surface area contributed by atoms with E-state index in [0.29, 0.717) is 12.8 Å². The summed E-state index contributed by atoms with van der Waals surface area (Å²) in [6.07, 6.45) is 2.44. The molecule has 6 nitrogen and oxygen atoms in total. The number of piperidine rings is 1. The average Bonchev–Trinajstić information content (AvgIpc) is 2.86. The molecule has 148 valence electrons. The summed E-state index contributed by atoms with van der Waals surface area (Å²) in [6, 6.07) is 3.57. The van der Waals surface area contributed by atoms with Gasteiger partial charge in [0.2, 0.25) is 0 Å². The van der Waals surface area contributed by atoms with Gasteiger partial charge in [0.25, 0.3) is 0 Å². The van der Waals surface area contributed by atoms with Crippen LogP contribution in [0, 0.1) is 5.82 Å². The van der Waals surface area contributed by atoms with Crippen molar-refractivity contribution >= 4 is 12.1 Å². The Kier molecular flexibility index (Phi) is 5.26. The molecular formula is C19H23F2NO5. The van der Waals surface area contributed by atoms with Gasteiger partial charge in [-0.1, -0.05) is 0 Å². The first-order valence-corrected chi connectivity index (χ1v) is 8.98. The molecule has 0 saturated carbocycles. The Bertz CT molecular complexity index is 719. The van der Waals surface area contributed by atoms with Gasteiger partial charge in [0.1, 0.15) is 28.8 Å². The van der Waals surface area contributed by atoms with E-state index in [1.54, 1.807) is 4.90 Å². The van der Waals surface area contributed by atoms with Gasteiger partial charge in [-0.25, -0.2) is 18.9 Å². The molecule has 2 fully saturated rings. The molecule has 0 aromatic heterocycles. The summed E-state index contributed by atoms with van der Waals surface area (Å²) in [5, 5.41) is 0. The number of fused-ring (bicyclic) bond motifs is 2. The predicted octanol–water partition coefficient (Wildman–Crippen LogP) is 4.18. The number of hydrogen-bond donors (Lipinski definition) is 0. The molecule has 2 aliphatic heterocycles. The van der Waals surface area contributed by atoms with E-state index in [1.807, 2.05) is 20.8 Å². The SMILES string of the molecule is CC(C)(C)OC(=O)N1C2CCC1CC(Oc1ccc(F)c(C(=O)OF)c1)C2. The van der Waals surface area contributed by atoms with E-state index >= 15 is 0 Å². The van der Waals surface area contributed by atoms with Crippen molar-refractivity contribution in [2.24, 2.45) is 0 Å². The minimum absolute atomic E-state index is 0.0133. The summed E-state index contributed by atoms with van der Waals surface area (Å²) in [5.41, 5.74) is -1.08. The minimum Gasteiger partial charge on any atom is -0.490 e. The lowest BCUT2D eigenvalue weighted by atomic mass is 10.00. The highest BCUT2D eigenvalue weighted by atomic mass is 19.3. The molecule has 2 bridgehead atoms. The number of carbonyl (C=O) groups is 2. The van der Waals surface area contributed by atoms with Crippen LogP contribution in [0.5, 0.6) is 5.75 Å². The van der Waals surface area contributed by atoms with Crippen molar-refractivity contribution in [3.8, 4) is 5.75 Å². The van der Waals surface area contributed by atoms with E-state index in [4.69, 9.17) is 9.47 Å². The zero-order valence-electron chi connectivity index (χ0n) is 15.5. The summed E-state index contributed by atoms with van der Waals surface area (Å²) in [4.78, 5) is 28.6. The van der Waals surface area contributed by atoms with Crippen molar-refractivity contribution in [1.82, 2.24) is 4.90 Å². The monoisotopic (exact) mass is 383 g/mol. The lowest BCUT2D eigenvalue weighted by molar-refractivity contribution is -0.0792. The molecule has 27 heavy (non-hydrogen) atoms. The summed E-state index contributed by atoms with van der Waals surface area (Å²) >= 11 is 0. The molecule has 0 N–H and O–H groups in total. The van der Waals surface area contributed by atoms with Gasteiger partial charge in [-0.15, -0.1) is 0 Å². The first kappa shape index (κ1) is 19.4. The number of ether oxygens (including phenoxy) is 2. The largest absolute Gasteiger partial charge is 0.490 e. The normalized spacial score (nSPS) is 24.5. The molecule has 8 heteroatoms. The van der Waals surface area contributed by atoms with Crippen LogP contribution in [-0.4, -0.2) is 40.8 Å². The molecule has 1 amide bonds. The number of nitrogens with zero attached hydrogens (tertiary/aromatic N) is 1. The topological polar surface area (TPSA) is 65.1 Å². The van der Waals surface area contributed by atoms with Gasteiger partial charge in [-0.05, 0) is 51.8 Å². The van der Waals surface area contributed by atoms with E-state index in [0.717, 1.165) is 25.0 Å². The van der Waals surface area contributed by atoms with Gasteiger partial charge in [0.15, 0.2) is 0 Å². The maximum Gasteiger partial charge on any atom is 0.410 e. The van der Waals surface area contributed by atoms with Crippen molar-refractivity contribution < 1.29 is 32.9 Å². The lowest BCUT2D eigenvalue weighted by Crippen LogP contribution is -2.50. The molecule has 1 aromatic rings. The molecule has 0 spiro atoms. The smallest absolute Gasteiger partial charge is 0.410 e. The Morgan fingerprint density at radius 2 is 1.78 bits per heavy atom. The molecule has 2 saturated heterocycles. The predicted molar refractivity (Wildman–Crippen MR) is 91.5 cm³/mol. The number of carbonyl (C=O) groups excluding carboxylic acids is 2. The summed E-state index contributed by atoms with van der Waals surface area (Å²) in [6.45, 7) is 5.49. The summed E-state index contributed by atoms with van der Waals surface area (Å²) < 4.78 is 37.1. The van der Waals surface area contributed by atoms with Crippen LogP contribution in [0.1, 0.15) is 56.8 Å². The molecule has 3 rings (SSSR count). The minimum atomic E-state index is -1.40. The zero-order chi connectivity index (χ0) is 19.8. The maximum absolute atomic E-state index is 13.6. The fourth-order valence-electron chi connectivity index (χ4n) is 3.80. The van der Waals surface area contributed by atoms with Gasteiger partial charge in [-0.2, -0.15) is 0 Å². The van der Waals surface area contributed by atoms with Crippen molar-refractivity contribution in [3.63, 3.8) is 0 Å². The Balaban J connectivity index is 1.67. The van der Waals surface area contributed by atoms with E-state index in [1.165, 1.54) is 6.07 Å². The molecule has 2 unspecified atom stereocenters. The molecule has 1 aromatic carbocycles.